The van der Waals surface area contributed by atoms with Gasteiger partial charge in [0.05, 0.1) is 10.9 Å². The van der Waals surface area contributed by atoms with Crippen molar-refractivity contribution in [1.29, 1.82) is 0 Å². The van der Waals surface area contributed by atoms with Crippen LogP contribution in [0, 0.1) is 35.5 Å². The van der Waals surface area contributed by atoms with Crippen molar-refractivity contribution < 1.29 is 0 Å². The number of benzene rings is 3. The van der Waals surface area contributed by atoms with Gasteiger partial charge in [-0.3, -0.25) is 0 Å². The van der Waals surface area contributed by atoms with Gasteiger partial charge in [-0.05, 0) is 140 Å². The van der Waals surface area contributed by atoms with E-state index in [0.29, 0.717) is 0 Å². The molecule has 0 aromatic heterocycles. The summed E-state index contributed by atoms with van der Waals surface area (Å²) in [4.78, 5) is 4.38. The van der Waals surface area contributed by atoms with Gasteiger partial charge in [0, 0.05) is 0 Å². The molecule has 0 heterocycles. The Kier molecular flexibility index (Phi) is 6.21. The van der Waals surface area contributed by atoms with Crippen LogP contribution in [-0.4, -0.2) is 0 Å². The highest BCUT2D eigenvalue weighted by Crippen LogP contribution is 2.63. The van der Waals surface area contributed by atoms with Crippen LogP contribution in [0.4, 0.5) is 0 Å². The zero-order valence-corrected chi connectivity index (χ0v) is 23.6. The Morgan fingerprint density at radius 1 is 0.447 bits per heavy atom. The maximum atomic E-state index is 2.52. The molecule has 2 bridgehead atoms. The van der Waals surface area contributed by atoms with Crippen LogP contribution in [0.25, 0.3) is 0 Å². The van der Waals surface area contributed by atoms with E-state index in [0.717, 1.165) is 47.3 Å². The molecule has 0 N–H and O–H groups in total. The van der Waals surface area contributed by atoms with Gasteiger partial charge in [-0.2, -0.15) is 0 Å². The van der Waals surface area contributed by atoms with Gasteiger partial charge in [-0.25, -0.2) is 0 Å². The van der Waals surface area contributed by atoms with E-state index >= 15 is 0 Å². The van der Waals surface area contributed by atoms with Crippen LogP contribution in [-0.2, 0) is 10.9 Å². The van der Waals surface area contributed by atoms with E-state index < -0.39 is 0 Å². The highest BCUT2D eigenvalue weighted by molar-refractivity contribution is 7.97. The highest BCUT2D eigenvalue weighted by atomic mass is 32.2. The predicted molar refractivity (Wildman–Crippen MR) is 159 cm³/mol. The Bertz CT molecular complexity index is 1240. The van der Waals surface area contributed by atoms with Gasteiger partial charge in [0.2, 0.25) is 0 Å². The lowest BCUT2D eigenvalue weighted by Crippen LogP contribution is -2.23. The number of hydrogen-bond acceptors (Lipinski definition) is 0. The van der Waals surface area contributed by atoms with Gasteiger partial charge >= 0.3 is 0 Å². The topological polar surface area (TPSA) is 0 Å². The summed E-state index contributed by atoms with van der Waals surface area (Å²) in [6.45, 7) is 0. The first kappa shape index (κ1) is 23.9. The molecule has 0 spiro atoms. The van der Waals surface area contributed by atoms with E-state index in [-0.39, 0.29) is 10.9 Å². The summed E-state index contributed by atoms with van der Waals surface area (Å²) in [7, 11) is -0.0480. The molecule has 196 valence electrons. The third-order valence-electron chi connectivity index (χ3n) is 11.8. The van der Waals surface area contributed by atoms with Crippen molar-refractivity contribution in [3.8, 4) is 0 Å². The van der Waals surface area contributed by atoms with Crippen LogP contribution in [0.1, 0.15) is 93.6 Å². The Morgan fingerprint density at radius 3 is 1.89 bits per heavy atom. The fraction of sp³-hybridized carbons (Fsp3) is 0.514. The highest BCUT2D eigenvalue weighted by Gasteiger charge is 2.53. The number of fused-ring (bicyclic) bond motifs is 6. The molecule has 0 nitrogen and oxygen atoms in total. The second-order valence-corrected chi connectivity index (χ2v) is 15.5. The molecular formula is C37H43S+. The molecule has 8 rings (SSSR count). The van der Waals surface area contributed by atoms with Crippen LogP contribution < -0.4 is 0 Å². The fourth-order valence-corrected chi connectivity index (χ4v) is 12.2. The van der Waals surface area contributed by atoms with Crippen molar-refractivity contribution in [1.82, 2.24) is 0 Å². The summed E-state index contributed by atoms with van der Waals surface area (Å²) in [6.07, 6.45) is 16.3. The molecule has 0 amide bonds. The van der Waals surface area contributed by atoms with Gasteiger partial charge < -0.3 is 0 Å². The monoisotopic (exact) mass is 519 g/mol. The standard InChI is InChI=1S/C37H43S/c1-2-8-31(9-3-1)38(32-18-14-26(15-19-32)29-13-12-25-6-4-7-28(25)22-29)33-20-16-27(17-21-33)36-23-30-24-37(36)35-11-5-10-34(30)35/h1-3,8-9,14-21,25,28-30,34-37H,4-7,10-13,22-24H2/q+1. The van der Waals surface area contributed by atoms with E-state index in [2.05, 4.69) is 78.9 Å². The largest absolute Gasteiger partial charge is 0.166 e. The summed E-state index contributed by atoms with van der Waals surface area (Å²) in [5.74, 6) is 7.76. The third-order valence-corrected chi connectivity index (χ3v) is 14.1. The lowest BCUT2D eigenvalue weighted by Gasteiger charge is -2.32. The van der Waals surface area contributed by atoms with Crippen LogP contribution in [0.3, 0.4) is 0 Å². The maximum Gasteiger partial charge on any atom is 0.166 e. The average molecular weight is 520 g/mol. The molecule has 5 saturated carbocycles. The summed E-state index contributed by atoms with van der Waals surface area (Å²) < 4.78 is 0. The molecule has 5 fully saturated rings. The van der Waals surface area contributed by atoms with Gasteiger partial charge in [-0.1, -0.05) is 68.1 Å². The Morgan fingerprint density at radius 2 is 1.11 bits per heavy atom. The third kappa shape index (κ3) is 4.11. The van der Waals surface area contributed by atoms with Gasteiger partial charge in [-0.15, -0.1) is 0 Å². The molecule has 1 heteroatoms. The lowest BCUT2D eigenvalue weighted by atomic mass is 9.73. The van der Waals surface area contributed by atoms with Crippen molar-refractivity contribution >= 4 is 10.9 Å². The fourth-order valence-electron chi connectivity index (χ4n) is 10.1. The van der Waals surface area contributed by atoms with Crippen molar-refractivity contribution in [2.45, 2.75) is 97.2 Å². The number of hydrogen-bond donors (Lipinski definition) is 0. The molecule has 0 radical (unpaired) electrons. The molecule has 9 unspecified atom stereocenters. The summed E-state index contributed by atoms with van der Waals surface area (Å²) in [5.41, 5.74) is 3.22. The van der Waals surface area contributed by atoms with Crippen molar-refractivity contribution in [3.05, 3.63) is 90.0 Å². The van der Waals surface area contributed by atoms with E-state index in [9.17, 15) is 0 Å². The minimum atomic E-state index is -0.0480. The van der Waals surface area contributed by atoms with Gasteiger partial charge in [0.15, 0.2) is 14.7 Å². The minimum absolute atomic E-state index is 0.0480. The molecule has 3 aromatic carbocycles. The van der Waals surface area contributed by atoms with E-state index in [1.165, 1.54) is 85.3 Å². The lowest BCUT2D eigenvalue weighted by molar-refractivity contribution is 0.232. The van der Waals surface area contributed by atoms with Gasteiger partial charge in [0.1, 0.15) is 0 Å². The van der Waals surface area contributed by atoms with E-state index in [1.807, 2.05) is 0 Å². The Labute approximate surface area is 233 Å². The van der Waals surface area contributed by atoms with Gasteiger partial charge in [0.25, 0.3) is 0 Å². The molecule has 38 heavy (non-hydrogen) atoms. The number of rotatable bonds is 5. The van der Waals surface area contributed by atoms with Crippen LogP contribution in [0.2, 0.25) is 0 Å². The first-order valence-corrected chi connectivity index (χ1v) is 17.0. The second kappa shape index (κ2) is 9.88. The van der Waals surface area contributed by atoms with Crippen molar-refractivity contribution in [3.63, 3.8) is 0 Å². The average Bonchev–Trinajstić information content (AvgIpc) is 3.77. The Hall–Kier alpha value is -1.99. The molecule has 5 aliphatic rings. The smallest absolute Gasteiger partial charge is 0.0619 e. The minimum Gasteiger partial charge on any atom is -0.0619 e. The molecule has 5 aliphatic carbocycles. The van der Waals surface area contributed by atoms with Crippen molar-refractivity contribution in [2.75, 3.05) is 0 Å². The second-order valence-electron chi connectivity index (χ2n) is 13.5. The SMILES string of the molecule is c1ccc([S+](c2ccc(C3CCC4CCCC4C3)cc2)c2ccc(C3CC4CC3C3CCCC43)cc2)cc1. The first-order chi connectivity index (χ1) is 18.8. The summed E-state index contributed by atoms with van der Waals surface area (Å²) >= 11 is 0. The zero-order chi connectivity index (χ0) is 25.1. The summed E-state index contributed by atoms with van der Waals surface area (Å²) in [6, 6.07) is 31.2. The van der Waals surface area contributed by atoms with E-state index in [1.54, 1.807) is 11.1 Å². The summed E-state index contributed by atoms with van der Waals surface area (Å²) in [5, 5.41) is 0. The van der Waals surface area contributed by atoms with Crippen LogP contribution >= 0.6 is 0 Å². The van der Waals surface area contributed by atoms with Crippen molar-refractivity contribution in [2.24, 2.45) is 35.5 Å². The molecule has 0 aliphatic heterocycles. The molecule has 0 saturated heterocycles. The van der Waals surface area contributed by atoms with Crippen LogP contribution in [0.15, 0.2) is 93.5 Å². The molecular weight excluding hydrogens is 476 g/mol. The normalized spacial score (nSPS) is 36.2. The molecule has 9 atom stereocenters. The quantitative estimate of drug-likeness (QED) is 0.294. The van der Waals surface area contributed by atoms with Crippen LogP contribution in [0.5, 0.6) is 0 Å². The maximum absolute atomic E-state index is 2.52. The predicted octanol–water partition coefficient (Wildman–Crippen LogP) is 10.0. The van der Waals surface area contributed by atoms with E-state index in [4.69, 9.17) is 0 Å². The molecule has 3 aromatic rings. The zero-order valence-electron chi connectivity index (χ0n) is 22.8. The Balaban J connectivity index is 1.05. The first-order valence-electron chi connectivity index (χ1n) is 15.8.